The van der Waals surface area contributed by atoms with E-state index in [2.05, 4.69) is 0 Å². The van der Waals surface area contributed by atoms with E-state index in [1.165, 1.54) is 0 Å². The van der Waals surface area contributed by atoms with Crippen LogP contribution in [-0.4, -0.2) is 19.2 Å². The normalized spacial score (nSPS) is 13.4. The van der Waals surface area contributed by atoms with Crippen molar-refractivity contribution < 1.29 is 18.6 Å². The second kappa shape index (κ2) is 6.70. The van der Waals surface area contributed by atoms with Crippen molar-refractivity contribution in [2.75, 3.05) is 13.7 Å². The van der Waals surface area contributed by atoms with Gasteiger partial charge in [0.05, 0.1) is 13.7 Å². The van der Waals surface area contributed by atoms with Gasteiger partial charge in [0.25, 0.3) is 5.52 Å². The van der Waals surface area contributed by atoms with Crippen LogP contribution in [0.4, 0.5) is 0 Å². The van der Waals surface area contributed by atoms with Crippen molar-refractivity contribution in [1.29, 1.82) is 0 Å². The lowest BCUT2D eigenvalue weighted by Crippen LogP contribution is -2.15. The fourth-order valence-electron chi connectivity index (χ4n) is 1.96. The zero-order valence-corrected chi connectivity index (χ0v) is 12.9. The molecule has 0 spiro atoms. The van der Waals surface area contributed by atoms with Crippen molar-refractivity contribution in [2.24, 2.45) is 0 Å². The highest BCUT2D eigenvalue weighted by atomic mass is 31.2. The summed E-state index contributed by atoms with van der Waals surface area (Å²) in [6, 6.07) is 15.1. The number of carbonyl (C=O) groups is 1. The molecule has 0 N–H and O–H groups in total. The number of hydrogen-bond acceptors (Lipinski definition) is 4. The van der Waals surface area contributed by atoms with Crippen LogP contribution < -0.4 is 10.0 Å². The van der Waals surface area contributed by atoms with Crippen LogP contribution in [0.5, 0.6) is 5.75 Å². The lowest BCUT2D eigenvalue weighted by molar-refractivity contribution is 0.105. The molecular formula is C16H17O4P. The van der Waals surface area contributed by atoms with Gasteiger partial charge in [-0.05, 0) is 31.2 Å². The van der Waals surface area contributed by atoms with E-state index in [0.29, 0.717) is 16.6 Å². The molecule has 0 amide bonds. The summed E-state index contributed by atoms with van der Waals surface area (Å²) >= 11 is 0. The summed E-state index contributed by atoms with van der Waals surface area (Å²) in [5.74, 6) is 0.633. The Balaban J connectivity index is 2.44. The van der Waals surface area contributed by atoms with Gasteiger partial charge in [-0.1, -0.05) is 30.3 Å². The average molecular weight is 304 g/mol. The minimum Gasteiger partial charge on any atom is -0.497 e. The molecule has 110 valence electrons. The molecule has 0 saturated heterocycles. The Morgan fingerprint density at radius 2 is 1.67 bits per heavy atom. The zero-order chi connectivity index (χ0) is 15.3. The van der Waals surface area contributed by atoms with Crippen LogP contribution in [-0.2, 0) is 9.09 Å². The molecule has 0 bridgehead atoms. The smallest absolute Gasteiger partial charge is 0.300 e. The summed E-state index contributed by atoms with van der Waals surface area (Å²) in [5, 5.41) is 0.374. The molecule has 0 aliphatic carbocycles. The minimum absolute atomic E-state index is 0.196. The van der Waals surface area contributed by atoms with E-state index >= 15 is 0 Å². The van der Waals surface area contributed by atoms with Gasteiger partial charge in [0, 0.05) is 10.9 Å². The SMILES string of the molecule is CCOP(=O)(C(=O)c1ccccc1)c1ccc(OC)cc1. The summed E-state index contributed by atoms with van der Waals surface area (Å²) < 4.78 is 23.5. The second-order valence-corrected chi connectivity index (χ2v) is 6.62. The maximum absolute atomic E-state index is 13.1. The Kier molecular flexibility index (Phi) is 4.94. The molecule has 2 aromatic rings. The molecule has 4 nitrogen and oxygen atoms in total. The average Bonchev–Trinajstić information content (AvgIpc) is 2.55. The largest absolute Gasteiger partial charge is 0.497 e. The molecule has 0 aliphatic rings. The van der Waals surface area contributed by atoms with E-state index in [4.69, 9.17) is 9.26 Å². The van der Waals surface area contributed by atoms with Gasteiger partial charge in [-0.15, -0.1) is 0 Å². The molecule has 0 heterocycles. The molecule has 0 aliphatic heterocycles. The number of rotatable bonds is 6. The third-order valence-electron chi connectivity index (χ3n) is 3.01. The second-order valence-electron chi connectivity index (χ2n) is 4.34. The molecule has 0 aromatic heterocycles. The zero-order valence-electron chi connectivity index (χ0n) is 12.0. The highest BCUT2D eigenvalue weighted by Crippen LogP contribution is 2.49. The Hall–Kier alpha value is -1.90. The van der Waals surface area contributed by atoms with Gasteiger partial charge in [0.15, 0.2) is 0 Å². The fraction of sp³-hybridized carbons (Fsp3) is 0.188. The quantitative estimate of drug-likeness (QED) is 0.767. The Bertz CT molecular complexity index is 650. The lowest BCUT2D eigenvalue weighted by atomic mass is 10.2. The highest BCUT2D eigenvalue weighted by molar-refractivity contribution is 7.83. The highest BCUT2D eigenvalue weighted by Gasteiger charge is 2.35. The standard InChI is InChI=1S/C16H17O4P/c1-3-20-21(18,15-11-9-14(19-2)10-12-15)16(17)13-7-5-4-6-8-13/h4-12H,3H2,1-2H3. The Labute approximate surface area is 124 Å². The molecule has 0 saturated carbocycles. The first kappa shape index (κ1) is 15.5. The third kappa shape index (κ3) is 3.23. The molecular weight excluding hydrogens is 287 g/mol. The first-order valence-electron chi connectivity index (χ1n) is 6.61. The minimum atomic E-state index is -3.61. The maximum Gasteiger partial charge on any atom is 0.300 e. The molecule has 21 heavy (non-hydrogen) atoms. The Morgan fingerprint density at radius 3 is 2.19 bits per heavy atom. The van der Waals surface area contributed by atoms with Crippen LogP contribution in [0.3, 0.4) is 0 Å². The van der Waals surface area contributed by atoms with E-state index < -0.39 is 12.9 Å². The van der Waals surface area contributed by atoms with Gasteiger partial charge in [-0.3, -0.25) is 9.36 Å². The van der Waals surface area contributed by atoms with E-state index in [1.54, 1.807) is 68.6 Å². The molecule has 1 unspecified atom stereocenters. The van der Waals surface area contributed by atoms with Gasteiger partial charge in [-0.25, -0.2) is 0 Å². The van der Waals surface area contributed by atoms with Crippen molar-refractivity contribution >= 4 is 18.2 Å². The van der Waals surface area contributed by atoms with Crippen molar-refractivity contribution in [2.45, 2.75) is 6.92 Å². The van der Waals surface area contributed by atoms with Crippen LogP contribution in [0.2, 0.25) is 0 Å². The van der Waals surface area contributed by atoms with Crippen LogP contribution in [0.1, 0.15) is 17.3 Å². The first-order chi connectivity index (χ1) is 10.1. The monoisotopic (exact) mass is 304 g/mol. The van der Waals surface area contributed by atoms with Gasteiger partial charge >= 0.3 is 7.37 Å². The number of benzene rings is 2. The van der Waals surface area contributed by atoms with E-state index in [1.807, 2.05) is 0 Å². The predicted molar refractivity (Wildman–Crippen MR) is 82.6 cm³/mol. The predicted octanol–water partition coefficient (Wildman–Crippen LogP) is 3.48. The van der Waals surface area contributed by atoms with Gasteiger partial charge in [-0.2, -0.15) is 0 Å². The van der Waals surface area contributed by atoms with Crippen molar-refractivity contribution in [3.05, 3.63) is 60.2 Å². The van der Waals surface area contributed by atoms with Gasteiger partial charge in [0.1, 0.15) is 5.75 Å². The number of hydrogen-bond donors (Lipinski definition) is 0. The van der Waals surface area contributed by atoms with Crippen molar-refractivity contribution in [3.63, 3.8) is 0 Å². The van der Waals surface area contributed by atoms with Gasteiger partial charge < -0.3 is 9.26 Å². The summed E-state index contributed by atoms with van der Waals surface area (Å²) in [4.78, 5) is 12.6. The van der Waals surface area contributed by atoms with Crippen LogP contribution in [0, 0.1) is 0 Å². The van der Waals surface area contributed by atoms with Crippen LogP contribution in [0.15, 0.2) is 54.6 Å². The number of methoxy groups -OCH3 is 1. The summed E-state index contributed by atoms with van der Waals surface area (Å²) in [5.41, 5.74) is -0.111. The number of ether oxygens (including phenoxy) is 1. The van der Waals surface area contributed by atoms with Gasteiger partial charge in [0.2, 0.25) is 0 Å². The Morgan fingerprint density at radius 1 is 1.05 bits per heavy atom. The van der Waals surface area contributed by atoms with Crippen molar-refractivity contribution in [3.8, 4) is 5.75 Å². The molecule has 2 rings (SSSR count). The summed E-state index contributed by atoms with van der Waals surface area (Å²) in [6.45, 7) is 1.91. The van der Waals surface area contributed by atoms with E-state index in [9.17, 15) is 9.36 Å². The number of carbonyl (C=O) groups excluding carboxylic acids is 1. The fourth-order valence-corrected chi connectivity index (χ4v) is 3.86. The molecule has 2 aromatic carbocycles. The molecule has 5 heteroatoms. The van der Waals surface area contributed by atoms with E-state index in [0.717, 1.165) is 0 Å². The van der Waals surface area contributed by atoms with Crippen molar-refractivity contribution in [1.82, 2.24) is 0 Å². The van der Waals surface area contributed by atoms with E-state index in [-0.39, 0.29) is 6.61 Å². The third-order valence-corrected chi connectivity index (χ3v) is 5.40. The molecule has 0 radical (unpaired) electrons. The molecule has 0 fully saturated rings. The summed E-state index contributed by atoms with van der Waals surface area (Å²) in [6.07, 6.45) is 0. The maximum atomic E-state index is 13.1. The van der Waals surface area contributed by atoms with Crippen LogP contribution >= 0.6 is 7.37 Å². The summed E-state index contributed by atoms with van der Waals surface area (Å²) in [7, 11) is -2.06. The first-order valence-corrected chi connectivity index (χ1v) is 8.23. The molecule has 1 atom stereocenters. The lowest BCUT2D eigenvalue weighted by Gasteiger charge is -2.17. The van der Waals surface area contributed by atoms with Crippen LogP contribution in [0.25, 0.3) is 0 Å². The topological polar surface area (TPSA) is 52.6 Å².